The van der Waals surface area contributed by atoms with E-state index < -0.39 is 106 Å². The highest BCUT2D eigenvalue weighted by Gasteiger charge is 2.36. The van der Waals surface area contributed by atoms with E-state index in [1.807, 2.05) is 0 Å². The molecule has 1 aromatic rings. The Balaban J connectivity index is 3.62. The van der Waals surface area contributed by atoms with Crippen molar-refractivity contribution in [3.8, 4) is 0 Å². The van der Waals surface area contributed by atoms with E-state index in [0.717, 1.165) is 0 Å². The molecule has 4 N–H and O–H groups in total. The highest BCUT2D eigenvalue weighted by molar-refractivity contribution is 5.96. The summed E-state index contributed by atoms with van der Waals surface area (Å²) >= 11 is 0. The Kier molecular flexibility index (Phi) is 21.2. The Bertz CT molecular complexity index is 1710. The van der Waals surface area contributed by atoms with Crippen LogP contribution in [0.2, 0.25) is 0 Å². The fourth-order valence-electron chi connectivity index (χ4n) is 5.21. The van der Waals surface area contributed by atoms with E-state index in [2.05, 4.69) is 21.3 Å². The molecule has 0 aliphatic rings. The SMILES string of the molecule is CC(C)(C)OC[C@H](NC(=O)[C@H](CCC(=O)OC(C)(C)C)NC(=O)[C@H](CC(=O)OC(C)(C)C)NC(=O)[C@H](CCC(=O)OC(C)(C)C)NC(=O)OCc1ccccc1)C(=O)OC(C)(C)C. The van der Waals surface area contributed by atoms with Crippen LogP contribution in [0.1, 0.15) is 142 Å². The van der Waals surface area contributed by atoms with Crippen LogP contribution < -0.4 is 21.3 Å². The molecular weight excluding hydrogens is 821 g/mol. The molecule has 356 valence electrons. The van der Waals surface area contributed by atoms with Gasteiger partial charge in [-0.1, -0.05) is 30.3 Å². The number of carbonyl (C=O) groups is 8. The minimum absolute atomic E-state index is 0.152. The predicted molar refractivity (Wildman–Crippen MR) is 232 cm³/mol. The fraction of sp³-hybridized carbons (Fsp3) is 0.689. The first kappa shape index (κ1) is 55.8. The van der Waals surface area contributed by atoms with Crippen molar-refractivity contribution in [3.63, 3.8) is 0 Å². The molecule has 0 heterocycles. The van der Waals surface area contributed by atoms with E-state index in [0.29, 0.717) is 5.56 Å². The molecule has 0 unspecified atom stereocenters. The lowest BCUT2D eigenvalue weighted by molar-refractivity contribution is -0.162. The summed E-state index contributed by atoms with van der Waals surface area (Å²) in [5.74, 6) is -6.14. The van der Waals surface area contributed by atoms with Gasteiger partial charge in [-0.2, -0.15) is 0 Å². The van der Waals surface area contributed by atoms with Crippen molar-refractivity contribution in [2.75, 3.05) is 6.61 Å². The molecule has 0 aliphatic heterocycles. The van der Waals surface area contributed by atoms with Crippen molar-refractivity contribution in [3.05, 3.63) is 35.9 Å². The average Bonchev–Trinajstić information content (AvgIpc) is 3.09. The highest BCUT2D eigenvalue weighted by atomic mass is 16.6. The second-order valence-corrected chi connectivity index (χ2v) is 19.9. The highest BCUT2D eigenvalue weighted by Crippen LogP contribution is 2.16. The third-order valence-electron chi connectivity index (χ3n) is 7.68. The fourth-order valence-corrected chi connectivity index (χ4v) is 5.21. The first-order chi connectivity index (χ1) is 28.6. The maximum atomic E-state index is 14.2. The standard InChI is InChI=1S/C45H72N4O14/c1-41(2,3)59-27-32(39(56)63-45(13,14)15)48-36(53)29(21-23-33(50)60-42(4,5)6)46-38(55)31(25-35(52)62-44(10,11)12)47-37(54)30(22-24-34(51)61-43(7,8)9)49-40(57)58-26-28-19-17-16-18-20-28/h16-20,29-32H,21-27H2,1-15H3,(H,46,55)(H,47,54)(H,48,53)(H,49,57)/t29-,30-,31-,32-/m0/s1. The van der Waals surface area contributed by atoms with Gasteiger partial charge in [0.05, 0.1) is 18.6 Å². The van der Waals surface area contributed by atoms with Gasteiger partial charge in [0.15, 0.2) is 6.04 Å². The lowest BCUT2D eigenvalue weighted by atomic mass is 10.1. The van der Waals surface area contributed by atoms with E-state index in [1.54, 1.807) is 134 Å². The molecule has 0 saturated heterocycles. The number of ether oxygens (including phenoxy) is 6. The summed E-state index contributed by atoms with van der Waals surface area (Å²) in [7, 11) is 0. The predicted octanol–water partition coefficient (Wildman–Crippen LogP) is 4.87. The van der Waals surface area contributed by atoms with Gasteiger partial charge in [-0.05, 0) is 122 Å². The summed E-state index contributed by atoms with van der Waals surface area (Å²) in [5, 5.41) is 9.94. The van der Waals surface area contributed by atoms with E-state index in [1.165, 1.54) is 0 Å². The number of hydrogen-bond acceptors (Lipinski definition) is 14. The van der Waals surface area contributed by atoms with Crippen molar-refractivity contribution >= 4 is 47.7 Å². The molecule has 1 aromatic carbocycles. The molecule has 63 heavy (non-hydrogen) atoms. The molecule has 0 spiro atoms. The zero-order valence-electron chi connectivity index (χ0n) is 39.9. The van der Waals surface area contributed by atoms with Crippen LogP contribution in [-0.4, -0.2) is 106 Å². The van der Waals surface area contributed by atoms with Crippen LogP contribution in [0.25, 0.3) is 0 Å². The van der Waals surface area contributed by atoms with Crippen molar-refractivity contribution in [2.24, 2.45) is 0 Å². The number of alkyl carbamates (subject to hydrolysis) is 1. The van der Waals surface area contributed by atoms with E-state index in [-0.39, 0.29) is 38.9 Å². The minimum Gasteiger partial charge on any atom is -0.460 e. The van der Waals surface area contributed by atoms with E-state index >= 15 is 0 Å². The van der Waals surface area contributed by atoms with Gasteiger partial charge >= 0.3 is 30.0 Å². The summed E-state index contributed by atoms with van der Waals surface area (Å²) in [5.41, 5.74) is -3.77. The molecule has 18 nitrogen and oxygen atoms in total. The molecule has 0 aromatic heterocycles. The second kappa shape index (κ2) is 24.0. The zero-order valence-corrected chi connectivity index (χ0v) is 39.9. The Morgan fingerprint density at radius 2 is 0.873 bits per heavy atom. The molecule has 0 fully saturated rings. The van der Waals surface area contributed by atoms with Gasteiger partial charge in [0.1, 0.15) is 47.1 Å². The molecule has 4 amide bonds. The number of amides is 4. The second-order valence-electron chi connectivity index (χ2n) is 19.9. The molecule has 18 heteroatoms. The maximum absolute atomic E-state index is 14.2. The van der Waals surface area contributed by atoms with Crippen molar-refractivity contribution in [1.29, 1.82) is 0 Å². The normalized spacial score (nSPS) is 14.1. The quantitative estimate of drug-likeness (QED) is 0.101. The van der Waals surface area contributed by atoms with E-state index in [9.17, 15) is 38.4 Å². The first-order valence-corrected chi connectivity index (χ1v) is 21.0. The average molecular weight is 893 g/mol. The third kappa shape index (κ3) is 26.7. The van der Waals surface area contributed by atoms with Crippen LogP contribution >= 0.6 is 0 Å². The van der Waals surface area contributed by atoms with Crippen molar-refractivity contribution < 1.29 is 66.8 Å². The van der Waals surface area contributed by atoms with Crippen molar-refractivity contribution in [1.82, 2.24) is 21.3 Å². The van der Waals surface area contributed by atoms with E-state index in [4.69, 9.17) is 28.4 Å². The van der Waals surface area contributed by atoms with Gasteiger partial charge in [-0.25, -0.2) is 9.59 Å². The number of carbonyl (C=O) groups excluding carboxylic acids is 8. The van der Waals surface area contributed by atoms with Crippen LogP contribution in [0.15, 0.2) is 30.3 Å². The smallest absolute Gasteiger partial charge is 0.408 e. The van der Waals surface area contributed by atoms with Gasteiger partial charge in [-0.3, -0.25) is 28.8 Å². The number of nitrogens with one attached hydrogen (secondary N) is 4. The summed E-state index contributed by atoms with van der Waals surface area (Å²) in [6, 6.07) is 2.54. The van der Waals surface area contributed by atoms with Gasteiger partial charge < -0.3 is 49.7 Å². The summed E-state index contributed by atoms with van der Waals surface area (Å²) in [6.45, 7) is 24.4. The maximum Gasteiger partial charge on any atom is 0.408 e. The van der Waals surface area contributed by atoms with Crippen LogP contribution in [-0.2, 0) is 68.6 Å². The van der Waals surface area contributed by atoms with Crippen LogP contribution in [0.3, 0.4) is 0 Å². The van der Waals surface area contributed by atoms with Crippen LogP contribution in [0, 0.1) is 0 Å². The number of benzene rings is 1. The summed E-state index contributed by atoms with van der Waals surface area (Å²) in [6.07, 6.45) is -3.17. The van der Waals surface area contributed by atoms with Gasteiger partial charge in [-0.15, -0.1) is 0 Å². The summed E-state index contributed by atoms with van der Waals surface area (Å²) in [4.78, 5) is 107. The lowest BCUT2D eigenvalue weighted by Gasteiger charge is -2.29. The van der Waals surface area contributed by atoms with Crippen LogP contribution in [0.4, 0.5) is 4.79 Å². The van der Waals surface area contributed by atoms with Gasteiger partial charge in [0.25, 0.3) is 0 Å². The molecule has 1 rings (SSSR count). The Morgan fingerprint density at radius 1 is 0.476 bits per heavy atom. The summed E-state index contributed by atoms with van der Waals surface area (Å²) < 4.78 is 32.9. The third-order valence-corrected chi connectivity index (χ3v) is 7.68. The molecular formula is C45H72N4O14. The molecule has 0 saturated carbocycles. The van der Waals surface area contributed by atoms with Crippen molar-refractivity contribution in [2.45, 2.75) is 195 Å². The molecule has 0 radical (unpaired) electrons. The number of hydrogen-bond donors (Lipinski definition) is 4. The van der Waals surface area contributed by atoms with Crippen LogP contribution in [0.5, 0.6) is 0 Å². The van der Waals surface area contributed by atoms with Gasteiger partial charge in [0.2, 0.25) is 17.7 Å². The first-order valence-electron chi connectivity index (χ1n) is 21.0. The zero-order chi connectivity index (χ0) is 48.6. The monoisotopic (exact) mass is 893 g/mol. The number of rotatable bonds is 20. The molecule has 0 bridgehead atoms. The Morgan fingerprint density at radius 3 is 1.32 bits per heavy atom. The molecule has 0 aliphatic carbocycles. The van der Waals surface area contributed by atoms with Gasteiger partial charge in [0, 0.05) is 12.8 Å². The topological polar surface area (TPSA) is 240 Å². The Labute approximate surface area is 372 Å². The largest absolute Gasteiger partial charge is 0.460 e. The Hall–Kier alpha value is -5.26. The lowest BCUT2D eigenvalue weighted by Crippen LogP contribution is -2.59. The minimum atomic E-state index is -1.75. The number of esters is 4. The molecule has 4 atom stereocenters.